The number of hydrogen-bond donors (Lipinski definition) is 0. The Balaban J connectivity index is 2.05. The highest BCUT2D eigenvalue weighted by atomic mass is 16.6. The first kappa shape index (κ1) is 14.7. The number of benzene rings is 1. The first-order valence-corrected chi connectivity index (χ1v) is 7.01. The van der Waals surface area contributed by atoms with Gasteiger partial charge in [-0.3, -0.25) is 4.90 Å². The molecule has 0 fully saturated rings. The molecule has 110 valence electrons. The van der Waals surface area contributed by atoms with E-state index in [1.165, 1.54) is 0 Å². The number of hydrogen-bond acceptors (Lipinski definition) is 3. The highest BCUT2D eigenvalue weighted by Gasteiger charge is 2.27. The average molecular weight is 277 g/mol. The maximum absolute atomic E-state index is 12.1. The Morgan fingerprint density at radius 3 is 2.45 bits per heavy atom. The minimum Gasteiger partial charge on any atom is -0.491 e. The molecule has 20 heavy (non-hydrogen) atoms. The van der Waals surface area contributed by atoms with Gasteiger partial charge < -0.3 is 9.47 Å². The lowest BCUT2D eigenvalue weighted by molar-refractivity contribution is 0.0241. The smallest absolute Gasteiger partial charge is 0.410 e. The van der Waals surface area contributed by atoms with Crippen LogP contribution in [0, 0.1) is 0 Å². The van der Waals surface area contributed by atoms with Crippen LogP contribution in [0.3, 0.4) is 0 Å². The van der Waals surface area contributed by atoms with Gasteiger partial charge in [0.15, 0.2) is 0 Å². The third kappa shape index (κ3) is 3.65. The minimum atomic E-state index is -0.461. The van der Waals surface area contributed by atoms with Crippen LogP contribution in [-0.4, -0.2) is 22.7 Å². The van der Waals surface area contributed by atoms with E-state index in [2.05, 4.69) is 0 Å². The molecule has 0 radical (unpaired) electrons. The second-order valence-corrected chi connectivity index (χ2v) is 6.43. The van der Waals surface area contributed by atoms with Crippen molar-refractivity contribution in [3.8, 4) is 5.75 Å². The zero-order valence-corrected chi connectivity index (χ0v) is 12.9. The molecule has 0 unspecified atom stereocenters. The van der Waals surface area contributed by atoms with Crippen LogP contribution < -0.4 is 4.74 Å². The van der Waals surface area contributed by atoms with Gasteiger partial charge in [-0.25, -0.2) is 4.79 Å². The van der Waals surface area contributed by atoms with E-state index in [-0.39, 0.29) is 12.2 Å². The van der Waals surface area contributed by atoms with Gasteiger partial charge in [0.05, 0.1) is 6.10 Å². The predicted molar refractivity (Wildman–Crippen MR) is 77.7 cm³/mol. The van der Waals surface area contributed by atoms with E-state index in [4.69, 9.17) is 9.47 Å². The predicted octanol–water partition coefficient (Wildman–Crippen LogP) is 3.72. The molecule has 2 rings (SSSR count). The second-order valence-electron chi connectivity index (χ2n) is 6.43. The van der Waals surface area contributed by atoms with Crippen molar-refractivity contribution in [2.45, 2.75) is 59.4 Å². The highest BCUT2D eigenvalue weighted by molar-refractivity contribution is 5.69. The van der Waals surface area contributed by atoms with Crippen molar-refractivity contribution in [1.29, 1.82) is 0 Å². The van der Waals surface area contributed by atoms with Gasteiger partial charge in [-0.2, -0.15) is 0 Å². The van der Waals surface area contributed by atoms with Crippen LogP contribution in [0.4, 0.5) is 4.79 Å². The molecule has 0 aliphatic carbocycles. The molecule has 0 spiro atoms. The standard InChI is InChI=1S/C16H23NO3/c1-11(2)19-14-7-6-12-9-17(10-13(12)8-14)15(18)20-16(3,4)5/h6-8,11H,9-10H2,1-5H3. The summed E-state index contributed by atoms with van der Waals surface area (Å²) in [5.74, 6) is 0.852. The van der Waals surface area contributed by atoms with Crippen LogP contribution in [-0.2, 0) is 17.8 Å². The van der Waals surface area contributed by atoms with E-state index in [0.29, 0.717) is 13.1 Å². The quantitative estimate of drug-likeness (QED) is 0.827. The van der Waals surface area contributed by atoms with Crippen LogP contribution in [0.2, 0.25) is 0 Å². The van der Waals surface area contributed by atoms with Crippen LogP contribution in [0.1, 0.15) is 45.7 Å². The number of amides is 1. The monoisotopic (exact) mass is 277 g/mol. The highest BCUT2D eigenvalue weighted by Crippen LogP contribution is 2.28. The van der Waals surface area contributed by atoms with Gasteiger partial charge in [-0.1, -0.05) is 6.07 Å². The number of carbonyl (C=O) groups excluding carboxylic acids is 1. The summed E-state index contributed by atoms with van der Waals surface area (Å²) in [6, 6.07) is 5.99. The van der Waals surface area contributed by atoms with Gasteiger partial charge in [0.25, 0.3) is 0 Å². The molecule has 0 N–H and O–H groups in total. The molecule has 1 aliphatic heterocycles. The van der Waals surface area contributed by atoms with Crippen molar-refractivity contribution in [2.75, 3.05) is 0 Å². The van der Waals surface area contributed by atoms with Crippen molar-refractivity contribution in [2.24, 2.45) is 0 Å². The Kier molecular flexibility index (Phi) is 3.93. The van der Waals surface area contributed by atoms with Gasteiger partial charge >= 0.3 is 6.09 Å². The Bertz CT molecular complexity index is 503. The van der Waals surface area contributed by atoms with Crippen molar-refractivity contribution in [3.63, 3.8) is 0 Å². The number of ether oxygens (including phenoxy) is 2. The molecule has 0 atom stereocenters. The molecule has 1 aromatic rings. The molecular weight excluding hydrogens is 254 g/mol. The van der Waals surface area contributed by atoms with Crippen LogP contribution in [0.5, 0.6) is 5.75 Å². The lowest BCUT2D eigenvalue weighted by atomic mass is 10.1. The second kappa shape index (κ2) is 5.35. The fourth-order valence-electron chi connectivity index (χ4n) is 2.17. The Morgan fingerprint density at radius 2 is 1.85 bits per heavy atom. The summed E-state index contributed by atoms with van der Waals surface area (Å²) in [5, 5.41) is 0. The lowest BCUT2D eigenvalue weighted by Gasteiger charge is -2.24. The minimum absolute atomic E-state index is 0.149. The topological polar surface area (TPSA) is 38.8 Å². The summed E-state index contributed by atoms with van der Waals surface area (Å²) in [7, 11) is 0. The summed E-state index contributed by atoms with van der Waals surface area (Å²) in [6.07, 6.45) is -0.114. The van der Waals surface area contributed by atoms with E-state index in [1.807, 2.05) is 52.8 Å². The van der Waals surface area contributed by atoms with Crippen LogP contribution in [0.25, 0.3) is 0 Å². The molecule has 0 bridgehead atoms. The van der Waals surface area contributed by atoms with E-state index < -0.39 is 5.60 Å². The Hall–Kier alpha value is -1.71. The summed E-state index contributed by atoms with van der Waals surface area (Å²) >= 11 is 0. The average Bonchev–Trinajstić information content (AvgIpc) is 2.68. The fraction of sp³-hybridized carbons (Fsp3) is 0.562. The van der Waals surface area contributed by atoms with Crippen molar-refractivity contribution >= 4 is 6.09 Å². The van der Waals surface area contributed by atoms with Gasteiger partial charge in [0.2, 0.25) is 0 Å². The maximum atomic E-state index is 12.1. The molecular formula is C16H23NO3. The maximum Gasteiger partial charge on any atom is 0.410 e. The molecule has 4 heteroatoms. The first-order chi connectivity index (χ1) is 9.24. The molecule has 0 saturated carbocycles. The van der Waals surface area contributed by atoms with Gasteiger partial charge in [0, 0.05) is 13.1 Å². The molecule has 1 aromatic carbocycles. The molecule has 1 heterocycles. The number of nitrogens with zero attached hydrogens (tertiary/aromatic N) is 1. The zero-order valence-electron chi connectivity index (χ0n) is 12.9. The largest absolute Gasteiger partial charge is 0.491 e. The Labute approximate surface area is 120 Å². The SMILES string of the molecule is CC(C)Oc1ccc2c(c1)CN(C(=O)OC(C)(C)C)C2. The van der Waals surface area contributed by atoms with Crippen LogP contribution >= 0.6 is 0 Å². The normalized spacial score (nSPS) is 14.4. The number of fused-ring (bicyclic) bond motifs is 1. The summed E-state index contributed by atoms with van der Waals surface area (Å²) in [4.78, 5) is 13.8. The van der Waals surface area contributed by atoms with Crippen LogP contribution in [0.15, 0.2) is 18.2 Å². The third-order valence-electron chi connectivity index (χ3n) is 2.92. The van der Waals surface area contributed by atoms with E-state index in [0.717, 1.165) is 16.9 Å². The fourth-order valence-corrected chi connectivity index (χ4v) is 2.17. The van der Waals surface area contributed by atoms with Gasteiger partial charge in [0.1, 0.15) is 11.4 Å². The van der Waals surface area contributed by atoms with Crippen molar-refractivity contribution in [1.82, 2.24) is 4.90 Å². The molecule has 0 saturated heterocycles. The van der Waals surface area contributed by atoms with Crippen molar-refractivity contribution in [3.05, 3.63) is 29.3 Å². The third-order valence-corrected chi connectivity index (χ3v) is 2.92. The molecule has 1 aliphatic rings. The van der Waals surface area contributed by atoms with Gasteiger partial charge in [-0.15, -0.1) is 0 Å². The van der Waals surface area contributed by atoms with E-state index in [1.54, 1.807) is 4.90 Å². The molecule has 1 amide bonds. The summed E-state index contributed by atoms with van der Waals surface area (Å²) in [6.45, 7) is 10.8. The van der Waals surface area contributed by atoms with Crippen molar-refractivity contribution < 1.29 is 14.3 Å². The number of rotatable bonds is 2. The lowest BCUT2D eigenvalue weighted by Crippen LogP contribution is -2.33. The summed E-state index contributed by atoms with van der Waals surface area (Å²) < 4.78 is 11.1. The molecule has 4 nitrogen and oxygen atoms in total. The Morgan fingerprint density at radius 1 is 1.20 bits per heavy atom. The van der Waals surface area contributed by atoms with E-state index in [9.17, 15) is 4.79 Å². The first-order valence-electron chi connectivity index (χ1n) is 7.01. The zero-order chi connectivity index (χ0) is 14.9. The van der Waals surface area contributed by atoms with E-state index >= 15 is 0 Å². The summed E-state index contributed by atoms with van der Waals surface area (Å²) in [5.41, 5.74) is 1.83. The number of carbonyl (C=O) groups is 1. The van der Waals surface area contributed by atoms with Gasteiger partial charge in [-0.05, 0) is 57.9 Å². The molecule has 0 aromatic heterocycles.